The smallest absolute Gasteiger partial charge is 0.313 e. The zero-order valence-electron chi connectivity index (χ0n) is 15.9. The third-order valence-electron chi connectivity index (χ3n) is 3.92. The van der Waals surface area contributed by atoms with Gasteiger partial charge in [-0.25, -0.2) is 0 Å². The Hall–Kier alpha value is -1.28. The zero-order valence-corrected chi connectivity index (χ0v) is 16.6. The lowest BCUT2D eigenvalue weighted by Gasteiger charge is -2.19. The molecule has 1 atom stereocenters. The molecule has 0 aliphatic rings. The Balaban J connectivity index is 2.66. The lowest BCUT2D eigenvalue weighted by molar-refractivity contribution is -0.143. The first-order valence-electron chi connectivity index (χ1n) is 8.72. The first-order chi connectivity index (χ1) is 11.1. The van der Waals surface area contributed by atoms with Crippen molar-refractivity contribution in [1.82, 2.24) is 0 Å². The van der Waals surface area contributed by atoms with E-state index in [2.05, 4.69) is 34.6 Å². The molecule has 2 nitrogen and oxygen atoms in total. The molecule has 1 aromatic carbocycles. The van der Waals surface area contributed by atoms with Crippen LogP contribution in [-0.4, -0.2) is 12.6 Å². The summed E-state index contributed by atoms with van der Waals surface area (Å²) in [5, 5.41) is 0.733. The third kappa shape index (κ3) is 7.53. The van der Waals surface area contributed by atoms with E-state index in [9.17, 15) is 4.79 Å². The highest BCUT2D eigenvalue weighted by atomic mass is 35.5. The second-order valence-electron chi connectivity index (χ2n) is 7.94. The van der Waals surface area contributed by atoms with Crippen LogP contribution in [0.15, 0.2) is 30.4 Å². The first-order valence-corrected chi connectivity index (χ1v) is 9.09. The van der Waals surface area contributed by atoms with Gasteiger partial charge in [-0.2, -0.15) is 0 Å². The van der Waals surface area contributed by atoms with E-state index in [0.717, 1.165) is 29.0 Å². The van der Waals surface area contributed by atoms with Crippen LogP contribution < -0.4 is 0 Å². The van der Waals surface area contributed by atoms with Gasteiger partial charge in [-0.15, -0.1) is 0 Å². The lowest BCUT2D eigenvalue weighted by Crippen LogP contribution is -2.13. The second-order valence-corrected chi connectivity index (χ2v) is 8.34. The van der Waals surface area contributed by atoms with Crippen LogP contribution in [0.4, 0.5) is 0 Å². The molecule has 0 radical (unpaired) electrons. The Morgan fingerprint density at radius 3 is 2.46 bits per heavy atom. The molecule has 0 aliphatic carbocycles. The Kier molecular flexibility index (Phi) is 8.02. The number of hydrogen-bond acceptors (Lipinski definition) is 2. The van der Waals surface area contributed by atoms with E-state index in [1.807, 2.05) is 37.3 Å². The summed E-state index contributed by atoms with van der Waals surface area (Å²) < 4.78 is 5.30. The average molecular weight is 351 g/mol. The monoisotopic (exact) mass is 350 g/mol. The van der Waals surface area contributed by atoms with Crippen molar-refractivity contribution in [3.63, 3.8) is 0 Å². The number of benzene rings is 1. The van der Waals surface area contributed by atoms with Crippen LogP contribution in [0.5, 0.6) is 0 Å². The Bertz CT molecular complexity index is 568. The third-order valence-corrected chi connectivity index (χ3v) is 4.27. The summed E-state index contributed by atoms with van der Waals surface area (Å²) in [6, 6.07) is 5.92. The van der Waals surface area contributed by atoms with Crippen molar-refractivity contribution in [2.45, 2.75) is 60.3 Å². The van der Waals surface area contributed by atoms with Crippen molar-refractivity contribution >= 4 is 17.6 Å². The van der Waals surface area contributed by atoms with Gasteiger partial charge in [-0.05, 0) is 48.3 Å². The normalized spacial score (nSPS) is 13.5. The fourth-order valence-electron chi connectivity index (χ4n) is 2.26. The van der Waals surface area contributed by atoms with E-state index in [1.54, 1.807) is 0 Å². The molecule has 1 rings (SSSR count). The average Bonchev–Trinajstić information content (AvgIpc) is 2.48. The molecule has 0 aliphatic heterocycles. The van der Waals surface area contributed by atoms with E-state index in [1.165, 1.54) is 0 Å². The molecule has 3 heteroatoms. The van der Waals surface area contributed by atoms with Crippen molar-refractivity contribution in [3.05, 3.63) is 46.5 Å². The first kappa shape index (κ1) is 20.8. The van der Waals surface area contributed by atoms with E-state index in [0.29, 0.717) is 12.5 Å². The molecule has 0 amide bonds. The molecule has 0 fully saturated rings. The highest BCUT2D eigenvalue weighted by Gasteiger charge is 2.18. The van der Waals surface area contributed by atoms with Gasteiger partial charge in [0.2, 0.25) is 0 Å². The molecular formula is C21H31ClO2. The van der Waals surface area contributed by atoms with Crippen LogP contribution >= 0.6 is 11.6 Å². The maximum atomic E-state index is 12.1. The maximum Gasteiger partial charge on any atom is 0.313 e. The summed E-state index contributed by atoms with van der Waals surface area (Å²) >= 11 is 6.41. The molecule has 0 bridgehead atoms. The number of halogens is 1. The van der Waals surface area contributed by atoms with Gasteiger partial charge in [0.1, 0.15) is 6.61 Å². The number of allylic oxidation sites excluding steroid dienone is 1. The van der Waals surface area contributed by atoms with Crippen LogP contribution in [0, 0.1) is 11.3 Å². The number of ether oxygens (including phenoxy) is 1. The van der Waals surface area contributed by atoms with Gasteiger partial charge >= 0.3 is 5.97 Å². The molecule has 1 unspecified atom stereocenters. The zero-order chi connectivity index (χ0) is 18.3. The van der Waals surface area contributed by atoms with Crippen molar-refractivity contribution in [3.8, 4) is 0 Å². The second kappa shape index (κ2) is 9.27. The van der Waals surface area contributed by atoms with Gasteiger partial charge in [-0.1, -0.05) is 70.5 Å². The summed E-state index contributed by atoms with van der Waals surface area (Å²) in [6.07, 6.45) is 5.93. The minimum Gasteiger partial charge on any atom is -0.461 e. The summed E-state index contributed by atoms with van der Waals surface area (Å²) in [5.41, 5.74) is 2.32. The molecule has 0 N–H and O–H groups in total. The number of carbonyl (C=O) groups excluding carboxylic acids is 1. The predicted molar refractivity (Wildman–Crippen MR) is 103 cm³/mol. The number of carbonyl (C=O) groups is 1. The van der Waals surface area contributed by atoms with Crippen LogP contribution in [-0.2, 0) is 16.0 Å². The molecule has 0 heterocycles. The molecule has 134 valence electrons. The van der Waals surface area contributed by atoms with Crippen LogP contribution in [0.25, 0.3) is 0 Å². The van der Waals surface area contributed by atoms with E-state index < -0.39 is 0 Å². The van der Waals surface area contributed by atoms with Crippen LogP contribution in [0.2, 0.25) is 5.02 Å². The molecule has 1 aromatic rings. The van der Waals surface area contributed by atoms with Crippen molar-refractivity contribution in [1.29, 1.82) is 0 Å². The molecule has 24 heavy (non-hydrogen) atoms. The van der Waals surface area contributed by atoms with Gasteiger partial charge in [0.15, 0.2) is 0 Å². The topological polar surface area (TPSA) is 26.3 Å². The predicted octanol–water partition coefficient (Wildman–Crippen LogP) is 6.18. The summed E-state index contributed by atoms with van der Waals surface area (Å²) in [5.74, 6) is -0.0749. The van der Waals surface area contributed by atoms with Crippen LogP contribution in [0.1, 0.15) is 65.0 Å². The van der Waals surface area contributed by atoms with Gasteiger partial charge in [0.05, 0.1) is 5.92 Å². The number of esters is 1. The quantitative estimate of drug-likeness (QED) is 0.433. The molecule has 0 saturated carbocycles. The van der Waals surface area contributed by atoms with Crippen molar-refractivity contribution in [2.24, 2.45) is 11.3 Å². The Morgan fingerprint density at radius 1 is 1.25 bits per heavy atom. The number of hydrogen-bond donors (Lipinski definition) is 0. The van der Waals surface area contributed by atoms with Crippen LogP contribution in [0.3, 0.4) is 0 Å². The summed E-state index contributed by atoms with van der Waals surface area (Å²) in [6.45, 7) is 13.0. The van der Waals surface area contributed by atoms with E-state index in [4.69, 9.17) is 16.3 Å². The number of rotatable bonds is 7. The van der Waals surface area contributed by atoms with E-state index >= 15 is 0 Å². The minimum atomic E-state index is -0.313. The van der Waals surface area contributed by atoms with Crippen molar-refractivity contribution in [2.75, 3.05) is 6.61 Å². The van der Waals surface area contributed by atoms with Crippen molar-refractivity contribution < 1.29 is 9.53 Å². The standard InChI is InChI=1S/C21H31ClO2/c1-15(2)8-7-13-24-20(23)16(3)18-10-9-17(19(22)14-18)11-12-21(4,5)6/h7-10,14-16H,11-13H2,1-6H3/b8-7+. The number of aryl methyl sites for hydroxylation is 1. The fraction of sp³-hybridized carbons (Fsp3) is 0.571. The minimum absolute atomic E-state index is 0.220. The molecule has 0 saturated heterocycles. The van der Waals surface area contributed by atoms with E-state index in [-0.39, 0.29) is 17.3 Å². The van der Waals surface area contributed by atoms with Gasteiger partial charge in [0, 0.05) is 5.02 Å². The highest BCUT2D eigenvalue weighted by molar-refractivity contribution is 6.31. The fourth-order valence-corrected chi connectivity index (χ4v) is 2.55. The lowest BCUT2D eigenvalue weighted by atomic mass is 9.88. The van der Waals surface area contributed by atoms with Gasteiger partial charge in [0.25, 0.3) is 0 Å². The summed E-state index contributed by atoms with van der Waals surface area (Å²) in [7, 11) is 0. The maximum absolute atomic E-state index is 12.1. The molecule has 0 aromatic heterocycles. The molecule has 0 spiro atoms. The highest BCUT2D eigenvalue weighted by Crippen LogP contribution is 2.28. The molecular weight excluding hydrogens is 320 g/mol. The van der Waals surface area contributed by atoms with Gasteiger partial charge < -0.3 is 4.74 Å². The Morgan fingerprint density at radius 2 is 1.92 bits per heavy atom. The summed E-state index contributed by atoms with van der Waals surface area (Å²) in [4.78, 5) is 12.1. The SMILES string of the molecule is CC(C)/C=C/COC(=O)C(C)c1ccc(CCC(C)(C)C)c(Cl)c1. The largest absolute Gasteiger partial charge is 0.461 e. The van der Waals surface area contributed by atoms with Gasteiger partial charge in [-0.3, -0.25) is 4.79 Å². The Labute approximate surface area is 152 Å².